The Morgan fingerprint density at radius 3 is 2.68 bits per heavy atom. The van der Waals surface area contributed by atoms with Crippen molar-refractivity contribution in [2.24, 2.45) is 0 Å². The van der Waals surface area contributed by atoms with Gasteiger partial charge in [0.05, 0.1) is 6.04 Å². The number of rotatable bonds is 2. The van der Waals surface area contributed by atoms with Crippen LogP contribution < -0.4 is 4.90 Å². The van der Waals surface area contributed by atoms with E-state index in [4.69, 9.17) is 21.3 Å². The van der Waals surface area contributed by atoms with Gasteiger partial charge < -0.3 is 14.5 Å². The lowest BCUT2D eigenvalue weighted by atomic mass is 9.73. The Morgan fingerprint density at radius 2 is 1.92 bits per heavy atom. The third kappa shape index (κ3) is 3.97. The molecule has 2 aromatic carbocycles. The van der Waals surface area contributed by atoms with Crippen LogP contribution in [0, 0.1) is 0 Å². The molecule has 1 aliphatic carbocycles. The largest absolute Gasteiger partial charge is 0.444 e. The number of fused-ring (bicyclic) bond motifs is 3. The van der Waals surface area contributed by atoms with E-state index in [0.29, 0.717) is 24.0 Å². The van der Waals surface area contributed by atoms with Crippen molar-refractivity contribution < 1.29 is 9.53 Å². The molecule has 7 heteroatoms. The highest BCUT2D eigenvalue weighted by Gasteiger charge is 2.57. The van der Waals surface area contributed by atoms with Gasteiger partial charge in [-0.1, -0.05) is 48.9 Å². The molecule has 2 aliphatic heterocycles. The average molecular weight is 517 g/mol. The molecule has 6 rings (SSSR count). The van der Waals surface area contributed by atoms with E-state index in [1.807, 2.05) is 49.9 Å². The van der Waals surface area contributed by atoms with E-state index in [2.05, 4.69) is 41.1 Å². The second kappa shape index (κ2) is 8.73. The monoisotopic (exact) mass is 516 g/mol. The van der Waals surface area contributed by atoms with Crippen LogP contribution in [0.25, 0.3) is 0 Å². The van der Waals surface area contributed by atoms with E-state index >= 15 is 0 Å². The molecule has 6 nitrogen and oxygen atoms in total. The lowest BCUT2D eigenvalue weighted by molar-refractivity contribution is 0.0197. The number of carbonyl (C=O) groups excluding carboxylic acids is 1. The fourth-order valence-electron chi connectivity index (χ4n) is 6.61. The van der Waals surface area contributed by atoms with Crippen LogP contribution in [0.3, 0.4) is 0 Å². The molecule has 3 aromatic rings. The minimum atomic E-state index is -0.575. The van der Waals surface area contributed by atoms with Crippen molar-refractivity contribution in [2.45, 2.75) is 69.9 Å². The zero-order chi connectivity index (χ0) is 25.9. The number of ether oxygens (including phenoxy) is 1. The molecule has 3 heterocycles. The zero-order valence-corrected chi connectivity index (χ0v) is 22.6. The molecule has 1 aromatic heterocycles. The van der Waals surface area contributed by atoms with Gasteiger partial charge in [0.25, 0.3) is 0 Å². The summed E-state index contributed by atoms with van der Waals surface area (Å²) in [5.74, 6) is 1.39. The van der Waals surface area contributed by atoms with Crippen LogP contribution in [0.2, 0.25) is 5.02 Å². The lowest BCUT2D eigenvalue weighted by Crippen LogP contribution is -2.42. The number of hydrogen-bond donors (Lipinski definition) is 0. The lowest BCUT2D eigenvalue weighted by Gasteiger charge is -2.37. The van der Waals surface area contributed by atoms with Gasteiger partial charge in [-0.25, -0.2) is 14.8 Å². The summed E-state index contributed by atoms with van der Waals surface area (Å²) in [4.78, 5) is 27.3. The van der Waals surface area contributed by atoms with Crippen molar-refractivity contribution in [1.29, 1.82) is 0 Å². The number of halogens is 1. The molecule has 0 saturated carbocycles. The highest BCUT2D eigenvalue weighted by Crippen LogP contribution is 2.58. The molecule has 3 atom stereocenters. The van der Waals surface area contributed by atoms with Gasteiger partial charge in [-0.3, -0.25) is 0 Å². The standard InChI is InChI=1S/C30H33ClN4O2/c1-19-10-12-23-25(19)27(33-18-32-23)35-17-30(22-16-21(31)11-13-24(22)35)14-15-34(28(36)37-29(2,3)4)26(30)20-8-6-5-7-9-20/h5-9,11,13,16,18-19,26H,10,12,14-15,17H2,1-4H3/t19-,26?,30?/m1/s1. The molecule has 0 bridgehead atoms. The van der Waals surface area contributed by atoms with Crippen LogP contribution in [0.5, 0.6) is 0 Å². The number of benzene rings is 2. The summed E-state index contributed by atoms with van der Waals surface area (Å²) in [6.07, 6.45) is 4.29. The second-order valence-electron chi connectivity index (χ2n) is 11.6. The van der Waals surface area contributed by atoms with Gasteiger partial charge in [-0.2, -0.15) is 0 Å². The molecular formula is C30H33ClN4O2. The Balaban J connectivity index is 1.51. The molecule has 1 fully saturated rings. The van der Waals surface area contributed by atoms with Crippen LogP contribution in [-0.2, 0) is 16.6 Å². The zero-order valence-electron chi connectivity index (χ0n) is 21.9. The smallest absolute Gasteiger partial charge is 0.410 e. The second-order valence-corrected chi connectivity index (χ2v) is 12.1. The van der Waals surface area contributed by atoms with Crippen molar-refractivity contribution in [3.8, 4) is 0 Å². The summed E-state index contributed by atoms with van der Waals surface area (Å²) >= 11 is 6.63. The van der Waals surface area contributed by atoms with Crippen LogP contribution in [0.4, 0.5) is 16.3 Å². The van der Waals surface area contributed by atoms with Crippen LogP contribution in [0.15, 0.2) is 54.9 Å². The summed E-state index contributed by atoms with van der Waals surface area (Å²) in [5, 5.41) is 0.698. The number of hydrogen-bond acceptors (Lipinski definition) is 5. The van der Waals surface area contributed by atoms with Crippen molar-refractivity contribution >= 4 is 29.2 Å². The highest BCUT2D eigenvalue weighted by atomic mass is 35.5. The van der Waals surface area contributed by atoms with Gasteiger partial charge in [-0.05, 0) is 75.3 Å². The highest BCUT2D eigenvalue weighted by molar-refractivity contribution is 6.30. The predicted molar refractivity (Wildman–Crippen MR) is 146 cm³/mol. The molecule has 1 amide bonds. The predicted octanol–water partition coefficient (Wildman–Crippen LogP) is 6.95. The SMILES string of the molecule is C[C@@H]1CCc2ncnc(N3CC4(CCN(C(=O)OC(C)(C)C)C4c4ccccc4)c4cc(Cl)ccc43)c21. The Hall–Kier alpha value is -3.12. The van der Waals surface area contributed by atoms with Gasteiger partial charge in [0, 0.05) is 40.5 Å². The van der Waals surface area contributed by atoms with Crippen LogP contribution in [-0.4, -0.2) is 39.7 Å². The minimum Gasteiger partial charge on any atom is -0.444 e. The maximum absolute atomic E-state index is 13.6. The molecular weight excluding hydrogens is 484 g/mol. The number of likely N-dealkylation sites (tertiary alicyclic amines) is 1. The first-order valence-corrected chi connectivity index (χ1v) is 13.5. The third-order valence-electron chi connectivity index (χ3n) is 8.11. The number of carbonyl (C=O) groups is 1. The van der Waals surface area contributed by atoms with Gasteiger partial charge >= 0.3 is 6.09 Å². The summed E-state index contributed by atoms with van der Waals surface area (Å²) in [6, 6.07) is 16.3. The molecule has 2 unspecified atom stereocenters. The Bertz CT molecular complexity index is 1360. The molecule has 37 heavy (non-hydrogen) atoms. The minimum absolute atomic E-state index is 0.196. The summed E-state index contributed by atoms with van der Waals surface area (Å²) in [5.41, 5.74) is 4.83. The Morgan fingerprint density at radius 1 is 1.14 bits per heavy atom. The first-order chi connectivity index (χ1) is 17.7. The van der Waals surface area contributed by atoms with E-state index in [1.165, 1.54) is 5.56 Å². The van der Waals surface area contributed by atoms with Gasteiger partial charge in [0.2, 0.25) is 0 Å². The maximum Gasteiger partial charge on any atom is 0.410 e. The summed E-state index contributed by atoms with van der Waals surface area (Å²) in [6.45, 7) is 9.32. The Labute approximate surface area is 223 Å². The van der Waals surface area contributed by atoms with E-state index < -0.39 is 5.60 Å². The Kier molecular flexibility index (Phi) is 5.72. The quantitative estimate of drug-likeness (QED) is 0.369. The number of aromatic nitrogens is 2. The van der Waals surface area contributed by atoms with Gasteiger partial charge in [0.15, 0.2) is 0 Å². The first-order valence-electron chi connectivity index (χ1n) is 13.1. The third-order valence-corrected chi connectivity index (χ3v) is 8.35. The van der Waals surface area contributed by atoms with Crippen LogP contribution >= 0.6 is 11.6 Å². The van der Waals surface area contributed by atoms with E-state index in [0.717, 1.165) is 47.6 Å². The van der Waals surface area contributed by atoms with Crippen molar-refractivity contribution in [3.05, 3.63) is 82.3 Å². The first kappa shape index (κ1) is 24.2. The van der Waals surface area contributed by atoms with E-state index in [-0.39, 0.29) is 17.6 Å². The maximum atomic E-state index is 13.6. The normalized spacial score (nSPS) is 24.5. The number of anilines is 2. The molecule has 1 saturated heterocycles. The van der Waals surface area contributed by atoms with Crippen molar-refractivity contribution in [2.75, 3.05) is 18.0 Å². The van der Waals surface area contributed by atoms with Crippen LogP contribution in [0.1, 0.15) is 74.9 Å². The topological polar surface area (TPSA) is 58.6 Å². The molecule has 192 valence electrons. The van der Waals surface area contributed by atoms with Crippen molar-refractivity contribution in [3.63, 3.8) is 0 Å². The number of aryl methyl sites for hydroxylation is 1. The van der Waals surface area contributed by atoms with E-state index in [9.17, 15) is 4.79 Å². The average Bonchev–Trinajstić information content (AvgIpc) is 3.53. The molecule has 0 radical (unpaired) electrons. The number of amides is 1. The summed E-state index contributed by atoms with van der Waals surface area (Å²) < 4.78 is 5.90. The van der Waals surface area contributed by atoms with E-state index in [1.54, 1.807) is 6.33 Å². The fraction of sp³-hybridized carbons (Fsp3) is 0.433. The molecule has 3 aliphatic rings. The summed E-state index contributed by atoms with van der Waals surface area (Å²) in [7, 11) is 0. The molecule has 1 spiro atoms. The number of nitrogens with zero attached hydrogens (tertiary/aromatic N) is 4. The molecule has 0 N–H and O–H groups in total. The fourth-order valence-corrected chi connectivity index (χ4v) is 6.78. The van der Waals surface area contributed by atoms with Gasteiger partial charge in [0.1, 0.15) is 17.7 Å². The van der Waals surface area contributed by atoms with Gasteiger partial charge in [-0.15, -0.1) is 0 Å². The van der Waals surface area contributed by atoms with Crippen molar-refractivity contribution in [1.82, 2.24) is 14.9 Å².